The van der Waals surface area contributed by atoms with Crippen molar-refractivity contribution in [3.05, 3.63) is 34.8 Å². The SMILES string of the molecule is O=C([C@H]1CCCO1)N1CC[NH+](Cn2c(=O)oc3ccccc32)CC1. The van der Waals surface area contributed by atoms with Crippen LogP contribution in [0.3, 0.4) is 0 Å². The van der Waals surface area contributed by atoms with Gasteiger partial charge in [0.25, 0.3) is 5.91 Å². The van der Waals surface area contributed by atoms with Crippen LogP contribution in [0.25, 0.3) is 11.1 Å². The Labute approximate surface area is 139 Å². The first-order valence-corrected chi connectivity index (χ1v) is 8.55. The summed E-state index contributed by atoms with van der Waals surface area (Å²) >= 11 is 0. The highest BCUT2D eigenvalue weighted by Crippen LogP contribution is 2.15. The number of aromatic nitrogens is 1. The van der Waals surface area contributed by atoms with Crippen molar-refractivity contribution < 1.29 is 18.8 Å². The third kappa shape index (κ3) is 2.85. The smallest absolute Gasteiger partial charge is 0.408 e. The van der Waals surface area contributed by atoms with Gasteiger partial charge in [0.1, 0.15) is 6.10 Å². The van der Waals surface area contributed by atoms with E-state index in [9.17, 15) is 9.59 Å². The van der Waals surface area contributed by atoms with Gasteiger partial charge in [0.2, 0.25) is 0 Å². The zero-order chi connectivity index (χ0) is 16.5. The number of benzene rings is 1. The summed E-state index contributed by atoms with van der Waals surface area (Å²) in [6.07, 6.45) is 1.56. The molecule has 24 heavy (non-hydrogen) atoms. The number of nitrogens with zero attached hydrogens (tertiary/aromatic N) is 2. The van der Waals surface area contributed by atoms with Crippen molar-refractivity contribution in [2.45, 2.75) is 25.6 Å². The van der Waals surface area contributed by atoms with E-state index in [1.807, 2.05) is 23.1 Å². The molecule has 0 aliphatic carbocycles. The molecule has 0 radical (unpaired) electrons. The summed E-state index contributed by atoms with van der Waals surface area (Å²) in [5, 5.41) is 0. The van der Waals surface area contributed by atoms with Crippen molar-refractivity contribution in [2.75, 3.05) is 32.8 Å². The molecule has 0 unspecified atom stereocenters. The second kappa shape index (κ2) is 6.41. The Hall–Kier alpha value is -2.12. The largest absolute Gasteiger partial charge is 0.424 e. The minimum absolute atomic E-state index is 0.123. The number of oxazole rings is 1. The van der Waals surface area contributed by atoms with Crippen LogP contribution in [0.5, 0.6) is 0 Å². The van der Waals surface area contributed by atoms with Crippen LogP contribution >= 0.6 is 0 Å². The standard InChI is InChI=1S/C17H21N3O4/c21-16(15-6-3-11-23-15)19-9-7-18(8-10-19)12-20-13-4-1-2-5-14(13)24-17(20)22/h1-2,4-5,15H,3,6-12H2/p+1/t15-/m1/s1. The van der Waals surface area contributed by atoms with Crippen molar-refractivity contribution in [1.29, 1.82) is 0 Å². The fourth-order valence-electron chi connectivity index (χ4n) is 3.56. The molecule has 2 aliphatic rings. The van der Waals surface area contributed by atoms with Gasteiger partial charge in [-0.15, -0.1) is 0 Å². The molecule has 0 bridgehead atoms. The van der Waals surface area contributed by atoms with Gasteiger partial charge in [0, 0.05) is 6.61 Å². The van der Waals surface area contributed by atoms with E-state index in [0.717, 1.165) is 31.4 Å². The molecule has 1 N–H and O–H groups in total. The molecule has 128 valence electrons. The van der Waals surface area contributed by atoms with E-state index < -0.39 is 0 Å². The van der Waals surface area contributed by atoms with Crippen LogP contribution in [-0.2, 0) is 16.2 Å². The maximum absolute atomic E-state index is 12.4. The van der Waals surface area contributed by atoms with E-state index in [1.54, 1.807) is 10.6 Å². The number of rotatable bonds is 3. The van der Waals surface area contributed by atoms with Gasteiger partial charge in [-0.3, -0.25) is 4.79 Å². The molecule has 1 aromatic heterocycles. The molecule has 2 saturated heterocycles. The number of quaternary nitrogens is 1. The van der Waals surface area contributed by atoms with Gasteiger partial charge in [-0.2, -0.15) is 0 Å². The van der Waals surface area contributed by atoms with Gasteiger partial charge < -0.3 is 19.0 Å². The predicted octanol–water partition coefficient (Wildman–Crippen LogP) is -0.542. The minimum Gasteiger partial charge on any atom is -0.408 e. The molecule has 1 atom stereocenters. The molecule has 1 amide bonds. The van der Waals surface area contributed by atoms with Gasteiger partial charge in [0.15, 0.2) is 12.3 Å². The Morgan fingerprint density at radius 1 is 1.25 bits per heavy atom. The number of hydrogen-bond acceptors (Lipinski definition) is 4. The summed E-state index contributed by atoms with van der Waals surface area (Å²) in [5.74, 6) is -0.195. The maximum Gasteiger partial charge on any atom is 0.424 e. The molecular formula is C17H22N3O4+. The highest BCUT2D eigenvalue weighted by atomic mass is 16.5. The van der Waals surface area contributed by atoms with Crippen molar-refractivity contribution >= 4 is 17.0 Å². The zero-order valence-electron chi connectivity index (χ0n) is 13.6. The van der Waals surface area contributed by atoms with Gasteiger partial charge in [0.05, 0.1) is 31.7 Å². The molecular weight excluding hydrogens is 310 g/mol. The molecule has 4 rings (SSSR count). The van der Waals surface area contributed by atoms with Gasteiger partial charge in [-0.25, -0.2) is 9.36 Å². The fraction of sp³-hybridized carbons (Fsp3) is 0.529. The van der Waals surface area contributed by atoms with Crippen molar-refractivity contribution in [3.63, 3.8) is 0 Å². The van der Waals surface area contributed by atoms with Gasteiger partial charge in [-0.05, 0) is 25.0 Å². The van der Waals surface area contributed by atoms with E-state index in [4.69, 9.17) is 9.15 Å². The van der Waals surface area contributed by atoms with E-state index in [1.165, 1.54) is 4.90 Å². The minimum atomic E-state index is -0.318. The number of nitrogens with one attached hydrogen (secondary N) is 1. The molecule has 2 fully saturated rings. The van der Waals surface area contributed by atoms with E-state index in [-0.39, 0.29) is 17.8 Å². The maximum atomic E-state index is 12.4. The van der Waals surface area contributed by atoms with Crippen LogP contribution < -0.4 is 10.7 Å². The normalized spacial score (nSPS) is 22.3. The number of carbonyl (C=O) groups is 1. The molecule has 2 aromatic rings. The van der Waals surface area contributed by atoms with Crippen molar-refractivity contribution in [2.24, 2.45) is 0 Å². The summed E-state index contributed by atoms with van der Waals surface area (Å²) < 4.78 is 12.5. The van der Waals surface area contributed by atoms with E-state index in [0.29, 0.717) is 31.9 Å². The first-order valence-electron chi connectivity index (χ1n) is 8.55. The molecule has 1 aromatic carbocycles. The third-order valence-corrected chi connectivity index (χ3v) is 4.94. The van der Waals surface area contributed by atoms with Crippen LogP contribution in [0.1, 0.15) is 12.8 Å². The number of ether oxygens (including phenoxy) is 1. The number of piperazine rings is 1. The second-order valence-corrected chi connectivity index (χ2v) is 6.50. The fourth-order valence-corrected chi connectivity index (χ4v) is 3.56. The Kier molecular flexibility index (Phi) is 4.12. The summed E-state index contributed by atoms with van der Waals surface area (Å²) in [5.41, 5.74) is 1.45. The molecule has 2 aliphatic heterocycles. The molecule has 7 nitrogen and oxygen atoms in total. The van der Waals surface area contributed by atoms with Crippen molar-refractivity contribution in [1.82, 2.24) is 9.47 Å². The summed E-state index contributed by atoms with van der Waals surface area (Å²) in [6, 6.07) is 7.47. The highest BCUT2D eigenvalue weighted by molar-refractivity contribution is 5.81. The van der Waals surface area contributed by atoms with Gasteiger partial charge in [-0.1, -0.05) is 12.1 Å². The summed E-state index contributed by atoms with van der Waals surface area (Å²) in [6.45, 7) is 4.32. The highest BCUT2D eigenvalue weighted by Gasteiger charge is 2.31. The molecule has 0 saturated carbocycles. The topological polar surface area (TPSA) is 69.1 Å². The first kappa shape index (κ1) is 15.4. The zero-order valence-corrected chi connectivity index (χ0v) is 13.6. The van der Waals surface area contributed by atoms with E-state index in [2.05, 4.69) is 0 Å². The Morgan fingerprint density at radius 3 is 2.79 bits per heavy atom. The number of fused-ring (bicyclic) bond motifs is 1. The third-order valence-electron chi connectivity index (χ3n) is 4.94. The average Bonchev–Trinajstić information content (AvgIpc) is 3.24. The van der Waals surface area contributed by atoms with Crippen LogP contribution in [0, 0.1) is 0 Å². The Balaban J connectivity index is 1.40. The second-order valence-electron chi connectivity index (χ2n) is 6.50. The lowest BCUT2D eigenvalue weighted by molar-refractivity contribution is -0.926. The lowest BCUT2D eigenvalue weighted by Crippen LogP contribution is -3.14. The van der Waals surface area contributed by atoms with Crippen LogP contribution in [0.4, 0.5) is 0 Å². The van der Waals surface area contributed by atoms with Crippen LogP contribution in [0.15, 0.2) is 33.5 Å². The molecule has 7 heteroatoms. The van der Waals surface area contributed by atoms with Crippen molar-refractivity contribution in [3.8, 4) is 0 Å². The lowest BCUT2D eigenvalue weighted by Gasteiger charge is -2.33. The van der Waals surface area contributed by atoms with Gasteiger partial charge >= 0.3 is 5.76 Å². The lowest BCUT2D eigenvalue weighted by atomic mass is 10.2. The monoisotopic (exact) mass is 332 g/mol. The quantitative estimate of drug-likeness (QED) is 0.820. The number of carbonyl (C=O) groups excluding carboxylic acids is 1. The average molecular weight is 332 g/mol. The summed E-state index contributed by atoms with van der Waals surface area (Å²) in [7, 11) is 0. The number of amides is 1. The Bertz CT molecular complexity index is 782. The Morgan fingerprint density at radius 2 is 2.04 bits per heavy atom. The molecule has 0 spiro atoms. The van der Waals surface area contributed by atoms with Crippen LogP contribution in [-0.4, -0.2) is 54.3 Å². The molecule has 3 heterocycles. The summed E-state index contributed by atoms with van der Waals surface area (Å²) in [4.78, 5) is 27.6. The number of hydrogen-bond donors (Lipinski definition) is 1. The predicted molar refractivity (Wildman–Crippen MR) is 86.7 cm³/mol. The van der Waals surface area contributed by atoms with E-state index >= 15 is 0 Å². The number of para-hydroxylation sites is 2. The first-order chi connectivity index (χ1) is 11.7. The van der Waals surface area contributed by atoms with Crippen LogP contribution in [0.2, 0.25) is 0 Å².